The maximum atomic E-state index is 12.8. The minimum atomic E-state index is -1.00. The second-order valence-corrected chi connectivity index (χ2v) is 7.80. The van der Waals surface area contributed by atoms with Crippen molar-refractivity contribution in [2.24, 2.45) is 4.99 Å². The summed E-state index contributed by atoms with van der Waals surface area (Å²) in [5.74, 6) is -0.272. The standard InChI is InChI=1S/C22H22ClN3O3/c23-18-9-5-4-8-17(18)20(27)26-14-12-25(13-15-26)19(16-6-2-1-3-7-16)24-22(10-11-22)21(28)29/h1-9H,10-15H2,(H,28,29)/b24-19+. The van der Waals surface area contributed by atoms with Gasteiger partial charge < -0.3 is 14.9 Å². The fraction of sp³-hybridized carbons (Fsp3) is 0.318. The van der Waals surface area contributed by atoms with Gasteiger partial charge in [0.05, 0.1) is 10.6 Å². The van der Waals surface area contributed by atoms with Gasteiger partial charge in [-0.25, -0.2) is 9.79 Å². The molecule has 7 heteroatoms. The van der Waals surface area contributed by atoms with E-state index in [0.717, 1.165) is 5.56 Å². The molecule has 2 aliphatic rings. The zero-order valence-electron chi connectivity index (χ0n) is 15.9. The molecule has 2 aromatic carbocycles. The third-order valence-electron chi connectivity index (χ3n) is 5.44. The summed E-state index contributed by atoms with van der Waals surface area (Å²) in [7, 11) is 0. The second kappa shape index (κ2) is 7.87. The van der Waals surface area contributed by atoms with Gasteiger partial charge in [-0.3, -0.25) is 4.79 Å². The third kappa shape index (κ3) is 3.98. The Bertz CT molecular complexity index is 949. The van der Waals surface area contributed by atoms with E-state index in [1.807, 2.05) is 30.3 Å². The number of aliphatic carboxylic acids is 1. The van der Waals surface area contributed by atoms with Gasteiger partial charge in [0, 0.05) is 31.7 Å². The Kier molecular flexibility index (Phi) is 5.28. The van der Waals surface area contributed by atoms with Crippen LogP contribution in [-0.4, -0.2) is 64.3 Å². The van der Waals surface area contributed by atoms with Crippen LogP contribution in [0.3, 0.4) is 0 Å². The minimum absolute atomic E-state index is 0.0855. The first-order valence-electron chi connectivity index (χ1n) is 9.68. The zero-order chi connectivity index (χ0) is 20.4. The van der Waals surface area contributed by atoms with Crippen molar-refractivity contribution in [3.63, 3.8) is 0 Å². The van der Waals surface area contributed by atoms with Crippen LogP contribution in [-0.2, 0) is 4.79 Å². The normalized spacial score (nSPS) is 18.4. The molecule has 0 spiro atoms. The van der Waals surface area contributed by atoms with Crippen LogP contribution in [0.2, 0.25) is 5.02 Å². The number of nitrogens with zero attached hydrogens (tertiary/aromatic N) is 3. The Morgan fingerprint density at radius 1 is 0.897 bits per heavy atom. The van der Waals surface area contributed by atoms with Gasteiger partial charge in [-0.05, 0) is 25.0 Å². The molecule has 1 heterocycles. The molecule has 0 aromatic heterocycles. The van der Waals surface area contributed by atoms with Crippen molar-refractivity contribution in [3.05, 3.63) is 70.7 Å². The highest BCUT2D eigenvalue weighted by molar-refractivity contribution is 6.33. The lowest BCUT2D eigenvalue weighted by molar-refractivity contribution is -0.139. The Labute approximate surface area is 174 Å². The zero-order valence-corrected chi connectivity index (χ0v) is 16.7. The van der Waals surface area contributed by atoms with Crippen molar-refractivity contribution in [3.8, 4) is 0 Å². The smallest absolute Gasteiger partial charge is 0.331 e. The number of halogens is 1. The topological polar surface area (TPSA) is 73.2 Å². The average Bonchev–Trinajstić information content (AvgIpc) is 3.54. The number of carbonyl (C=O) groups excluding carboxylic acids is 1. The van der Waals surface area contributed by atoms with E-state index in [1.54, 1.807) is 29.2 Å². The largest absolute Gasteiger partial charge is 0.479 e. The Morgan fingerprint density at radius 2 is 1.48 bits per heavy atom. The molecule has 150 valence electrons. The number of amidine groups is 1. The molecule has 2 fully saturated rings. The van der Waals surface area contributed by atoms with Crippen LogP contribution in [0, 0.1) is 0 Å². The maximum Gasteiger partial charge on any atom is 0.331 e. The summed E-state index contributed by atoms with van der Waals surface area (Å²) >= 11 is 6.17. The first-order chi connectivity index (χ1) is 14.0. The van der Waals surface area contributed by atoms with E-state index in [2.05, 4.69) is 9.89 Å². The molecule has 1 N–H and O–H groups in total. The van der Waals surface area contributed by atoms with E-state index in [0.29, 0.717) is 55.4 Å². The second-order valence-electron chi connectivity index (χ2n) is 7.40. The molecule has 29 heavy (non-hydrogen) atoms. The van der Waals surface area contributed by atoms with Crippen molar-refractivity contribution in [1.82, 2.24) is 9.80 Å². The molecule has 4 rings (SSSR count). The van der Waals surface area contributed by atoms with Crippen LogP contribution >= 0.6 is 11.6 Å². The number of carboxylic acids is 1. The number of carbonyl (C=O) groups is 2. The van der Waals surface area contributed by atoms with Crippen molar-refractivity contribution < 1.29 is 14.7 Å². The highest BCUT2D eigenvalue weighted by Crippen LogP contribution is 2.40. The molecule has 0 unspecified atom stereocenters. The molecule has 1 amide bonds. The molecule has 1 aliphatic heterocycles. The Hall–Kier alpha value is -2.86. The number of rotatable bonds is 4. The van der Waals surface area contributed by atoms with E-state index < -0.39 is 11.5 Å². The average molecular weight is 412 g/mol. The number of hydrogen-bond acceptors (Lipinski definition) is 3. The van der Waals surface area contributed by atoms with Gasteiger partial charge in [0.2, 0.25) is 0 Å². The van der Waals surface area contributed by atoms with E-state index in [9.17, 15) is 14.7 Å². The van der Waals surface area contributed by atoms with Crippen LogP contribution in [0.4, 0.5) is 0 Å². The SMILES string of the molecule is O=C(c1ccccc1Cl)N1CCN(/C(=N/C2(C(=O)O)CC2)c2ccccc2)CC1. The third-order valence-corrected chi connectivity index (χ3v) is 5.77. The number of benzene rings is 2. The van der Waals surface area contributed by atoms with Gasteiger partial charge >= 0.3 is 5.97 Å². The van der Waals surface area contributed by atoms with Crippen LogP contribution in [0.1, 0.15) is 28.8 Å². The molecule has 1 saturated carbocycles. The number of piperazine rings is 1. The number of hydrogen-bond donors (Lipinski definition) is 1. The summed E-state index contributed by atoms with van der Waals surface area (Å²) in [6.07, 6.45) is 1.12. The summed E-state index contributed by atoms with van der Waals surface area (Å²) in [6.45, 7) is 2.21. The Balaban J connectivity index is 1.53. The van der Waals surface area contributed by atoms with Crippen LogP contribution in [0.15, 0.2) is 59.6 Å². The highest BCUT2D eigenvalue weighted by Gasteiger charge is 2.51. The summed E-state index contributed by atoms with van der Waals surface area (Å²) in [5.41, 5.74) is 0.392. The number of amides is 1. The lowest BCUT2D eigenvalue weighted by atomic mass is 10.1. The quantitative estimate of drug-likeness (QED) is 0.619. The van der Waals surface area contributed by atoms with Gasteiger partial charge in [0.15, 0.2) is 5.54 Å². The van der Waals surface area contributed by atoms with Crippen molar-refractivity contribution in [2.45, 2.75) is 18.4 Å². The minimum Gasteiger partial charge on any atom is -0.479 e. The van der Waals surface area contributed by atoms with Gasteiger partial charge in [-0.15, -0.1) is 0 Å². The summed E-state index contributed by atoms with van der Waals surface area (Å²) in [4.78, 5) is 33.0. The van der Waals surface area contributed by atoms with E-state index in [1.165, 1.54) is 0 Å². The van der Waals surface area contributed by atoms with E-state index in [-0.39, 0.29) is 5.91 Å². The first-order valence-corrected chi connectivity index (χ1v) is 10.1. The van der Waals surface area contributed by atoms with Crippen LogP contribution in [0.25, 0.3) is 0 Å². The molecule has 0 radical (unpaired) electrons. The van der Waals surface area contributed by atoms with Gasteiger partial charge in [0.25, 0.3) is 5.91 Å². The molecule has 2 aromatic rings. The number of aliphatic imine (C=N–C) groups is 1. The van der Waals surface area contributed by atoms with Crippen molar-refractivity contribution in [1.29, 1.82) is 0 Å². The molecule has 0 bridgehead atoms. The van der Waals surface area contributed by atoms with Gasteiger partial charge in [-0.2, -0.15) is 0 Å². The lowest BCUT2D eigenvalue weighted by Gasteiger charge is -2.37. The fourth-order valence-electron chi connectivity index (χ4n) is 3.53. The predicted molar refractivity (Wildman–Crippen MR) is 112 cm³/mol. The van der Waals surface area contributed by atoms with Crippen molar-refractivity contribution >= 4 is 29.3 Å². The van der Waals surface area contributed by atoms with Crippen molar-refractivity contribution in [2.75, 3.05) is 26.2 Å². The van der Waals surface area contributed by atoms with E-state index in [4.69, 9.17) is 11.6 Å². The van der Waals surface area contributed by atoms with Crippen LogP contribution < -0.4 is 0 Å². The molecule has 0 atom stereocenters. The predicted octanol–water partition coefficient (Wildman–Crippen LogP) is 3.16. The molecule has 6 nitrogen and oxygen atoms in total. The summed E-state index contributed by atoms with van der Waals surface area (Å²) in [6, 6.07) is 16.7. The first kappa shape index (κ1) is 19.5. The molecular formula is C22H22ClN3O3. The van der Waals surface area contributed by atoms with E-state index >= 15 is 0 Å². The molecule has 1 aliphatic carbocycles. The fourth-order valence-corrected chi connectivity index (χ4v) is 3.74. The molecule has 1 saturated heterocycles. The summed E-state index contributed by atoms with van der Waals surface area (Å²) in [5, 5.41) is 10.0. The summed E-state index contributed by atoms with van der Waals surface area (Å²) < 4.78 is 0. The van der Waals surface area contributed by atoms with Gasteiger partial charge in [0.1, 0.15) is 5.84 Å². The maximum absolute atomic E-state index is 12.8. The number of carboxylic acid groups (broad SMARTS) is 1. The monoisotopic (exact) mass is 411 g/mol. The highest BCUT2D eigenvalue weighted by atomic mass is 35.5. The molecular weight excluding hydrogens is 390 g/mol. The Morgan fingerprint density at radius 3 is 2.07 bits per heavy atom. The van der Waals surface area contributed by atoms with Gasteiger partial charge in [-0.1, -0.05) is 54.1 Å². The lowest BCUT2D eigenvalue weighted by Crippen LogP contribution is -2.51. The van der Waals surface area contributed by atoms with Crippen LogP contribution in [0.5, 0.6) is 0 Å².